The average Bonchev–Trinajstić information content (AvgIpc) is 2.99. The molecule has 1 aliphatic rings. The van der Waals surface area contributed by atoms with E-state index in [1.165, 1.54) is 6.08 Å². The van der Waals surface area contributed by atoms with Gasteiger partial charge in [0.25, 0.3) is 0 Å². The highest BCUT2D eigenvalue weighted by atomic mass is 35.5. The fraction of sp³-hybridized carbons (Fsp3) is 0.280. The molecule has 0 bridgehead atoms. The lowest BCUT2D eigenvalue weighted by molar-refractivity contribution is -0.131. The second-order valence-corrected chi connectivity index (χ2v) is 8.14. The van der Waals surface area contributed by atoms with E-state index in [2.05, 4.69) is 11.9 Å². The number of ether oxygens (including phenoxy) is 1. The Kier molecular flexibility index (Phi) is 6.63. The standard InChI is InChI=1S/C25H25ClN2O4/c1-2-3-8-23-27-25(26)21(14-29)28(23)13-16-9-10-22-20(11-16)19(12-24(30)31)18-7-5-4-6-17(18)15-32-22/h4-7,9-12,29H,2-3,8,13-15H2,1H3,(H,30,31). The largest absolute Gasteiger partial charge is 0.488 e. The third kappa shape index (κ3) is 4.42. The number of unbranched alkanes of at least 4 members (excludes halogenated alkanes) is 1. The van der Waals surface area contributed by atoms with Crippen LogP contribution in [0.2, 0.25) is 5.15 Å². The number of fused-ring (bicyclic) bond motifs is 2. The number of aromatic nitrogens is 2. The highest BCUT2D eigenvalue weighted by Crippen LogP contribution is 2.37. The number of benzene rings is 2. The molecule has 6 nitrogen and oxygen atoms in total. The van der Waals surface area contributed by atoms with Crippen molar-refractivity contribution in [3.63, 3.8) is 0 Å². The van der Waals surface area contributed by atoms with E-state index >= 15 is 0 Å². The van der Waals surface area contributed by atoms with Crippen molar-refractivity contribution in [3.8, 4) is 5.75 Å². The normalized spacial score (nSPS) is 13.9. The molecule has 3 aromatic rings. The molecule has 0 fully saturated rings. The maximum Gasteiger partial charge on any atom is 0.328 e. The molecule has 0 spiro atoms. The monoisotopic (exact) mass is 452 g/mol. The maximum atomic E-state index is 11.6. The zero-order valence-electron chi connectivity index (χ0n) is 17.8. The van der Waals surface area contributed by atoms with Gasteiger partial charge in [0, 0.05) is 30.2 Å². The van der Waals surface area contributed by atoms with Crippen LogP contribution in [0.25, 0.3) is 5.57 Å². The van der Waals surface area contributed by atoms with Crippen molar-refractivity contribution in [2.24, 2.45) is 0 Å². The number of hydrogen-bond donors (Lipinski definition) is 2. The minimum Gasteiger partial charge on any atom is -0.488 e. The number of halogens is 1. The number of carbonyl (C=O) groups is 1. The van der Waals surface area contributed by atoms with Gasteiger partial charge in [0.05, 0.1) is 12.3 Å². The molecule has 7 heteroatoms. The second-order valence-electron chi connectivity index (χ2n) is 7.79. The molecule has 1 aromatic heterocycles. The summed E-state index contributed by atoms with van der Waals surface area (Å²) in [6, 6.07) is 13.4. The van der Waals surface area contributed by atoms with Gasteiger partial charge in [-0.15, -0.1) is 0 Å². The quantitative estimate of drug-likeness (QED) is 0.501. The van der Waals surface area contributed by atoms with E-state index in [4.69, 9.17) is 16.3 Å². The summed E-state index contributed by atoms with van der Waals surface area (Å²) in [6.45, 7) is 2.74. The number of nitrogens with zero attached hydrogens (tertiary/aromatic N) is 2. The van der Waals surface area contributed by atoms with E-state index in [0.717, 1.165) is 47.3 Å². The van der Waals surface area contributed by atoms with Gasteiger partial charge in [0.15, 0.2) is 5.15 Å². The van der Waals surface area contributed by atoms with Gasteiger partial charge in [-0.1, -0.05) is 55.3 Å². The van der Waals surface area contributed by atoms with Crippen molar-refractivity contribution in [2.45, 2.75) is 45.9 Å². The third-order valence-corrected chi connectivity index (χ3v) is 5.94. The lowest BCUT2D eigenvalue weighted by Crippen LogP contribution is -2.09. The van der Waals surface area contributed by atoms with Gasteiger partial charge in [-0.25, -0.2) is 9.78 Å². The molecule has 0 saturated heterocycles. The zero-order valence-corrected chi connectivity index (χ0v) is 18.6. The Labute approximate surface area is 191 Å². The number of imidazole rings is 1. The molecule has 1 aliphatic heterocycles. The molecule has 166 valence electrons. The lowest BCUT2D eigenvalue weighted by Gasteiger charge is -2.15. The van der Waals surface area contributed by atoms with E-state index in [1.807, 2.05) is 47.0 Å². The fourth-order valence-electron chi connectivity index (χ4n) is 4.05. The van der Waals surface area contributed by atoms with Gasteiger partial charge in [0.2, 0.25) is 0 Å². The molecule has 0 atom stereocenters. The third-order valence-electron chi connectivity index (χ3n) is 5.64. The molecule has 0 saturated carbocycles. The van der Waals surface area contributed by atoms with E-state index in [0.29, 0.717) is 35.3 Å². The van der Waals surface area contributed by atoms with Crippen LogP contribution in [0.5, 0.6) is 5.75 Å². The molecule has 0 amide bonds. The Hall–Kier alpha value is -3.09. The lowest BCUT2D eigenvalue weighted by atomic mass is 9.93. The number of aliphatic hydroxyl groups is 1. The number of aliphatic carboxylic acids is 1. The minimum absolute atomic E-state index is 0.205. The first-order valence-corrected chi connectivity index (χ1v) is 11.0. The average molecular weight is 453 g/mol. The Morgan fingerprint density at radius 2 is 2.06 bits per heavy atom. The smallest absolute Gasteiger partial charge is 0.328 e. The van der Waals surface area contributed by atoms with Crippen LogP contribution >= 0.6 is 11.6 Å². The van der Waals surface area contributed by atoms with Gasteiger partial charge < -0.3 is 19.5 Å². The minimum atomic E-state index is -1.01. The van der Waals surface area contributed by atoms with Crippen LogP contribution < -0.4 is 4.74 Å². The van der Waals surface area contributed by atoms with E-state index < -0.39 is 5.97 Å². The predicted molar refractivity (Wildman–Crippen MR) is 123 cm³/mol. The molecular formula is C25H25ClN2O4. The van der Waals surface area contributed by atoms with Crippen LogP contribution in [0.3, 0.4) is 0 Å². The number of carboxylic acids is 1. The summed E-state index contributed by atoms with van der Waals surface area (Å²) in [5.41, 5.74) is 4.63. The topological polar surface area (TPSA) is 84.6 Å². The summed E-state index contributed by atoms with van der Waals surface area (Å²) >= 11 is 6.28. The number of rotatable bonds is 7. The first-order valence-electron chi connectivity index (χ1n) is 10.7. The van der Waals surface area contributed by atoms with Crippen molar-refractivity contribution >= 4 is 23.1 Å². The van der Waals surface area contributed by atoms with Gasteiger partial charge >= 0.3 is 5.97 Å². The fourth-order valence-corrected chi connectivity index (χ4v) is 4.31. The zero-order chi connectivity index (χ0) is 22.7. The number of carboxylic acid groups (broad SMARTS) is 1. The summed E-state index contributed by atoms with van der Waals surface area (Å²) in [5.74, 6) is 0.451. The predicted octanol–water partition coefficient (Wildman–Crippen LogP) is 4.83. The molecule has 0 radical (unpaired) electrons. The molecule has 2 heterocycles. The van der Waals surface area contributed by atoms with Gasteiger partial charge in [-0.2, -0.15) is 0 Å². The Bertz CT molecular complexity index is 1180. The SMILES string of the molecule is CCCCc1nc(Cl)c(CO)n1Cc1ccc2c(c1)C(=CC(=O)O)c1ccccc1CO2. The first-order chi connectivity index (χ1) is 15.5. The summed E-state index contributed by atoms with van der Waals surface area (Å²) < 4.78 is 7.95. The molecule has 4 rings (SSSR count). The molecule has 0 aliphatic carbocycles. The highest BCUT2D eigenvalue weighted by molar-refractivity contribution is 6.30. The van der Waals surface area contributed by atoms with Gasteiger partial charge in [-0.3, -0.25) is 0 Å². The number of aliphatic hydroxyl groups excluding tert-OH is 1. The van der Waals surface area contributed by atoms with Crippen LogP contribution in [0.15, 0.2) is 48.5 Å². The molecule has 0 unspecified atom stereocenters. The van der Waals surface area contributed by atoms with Crippen LogP contribution in [0.4, 0.5) is 0 Å². The Morgan fingerprint density at radius 3 is 2.81 bits per heavy atom. The van der Waals surface area contributed by atoms with E-state index in [-0.39, 0.29) is 6.61 Å². The van der Waals surface area contributed by atoms with Crippen molar-refractivity contribution in [1.29, 1.82) is 0 Å². The highest BCUT2D eigenvalue weighted by Gasteiger charge is 2.21. The summed E-state index contributed by atoms with van der Waals surface area (Å²) in [7, 11) is 0. The van der Waals surface area contributed by atoms with Crippen molar-refractivity contribution in [3.05, 3.63) is 87.5 Å². The number of aryl methyl sites for hydroxylation is 1. The Balaban J connectivity index is 1.79. The van der Waals surface area contributed by atoms with Crippen molar-refractivity contribution < 1.29 is 19.7 Å². The van der Waals surface area contributed by atoms with Crippen LogP contribution in [0.1, 0.15) is 53.5 Å². The molecular weight excluding hydrogens is 428 g/mol. The second kappa shape index (κ2) is 9.59. The van der Waals surface area contributed by atoms with Crippen molar-refractivity contribution in [1.82, 2.24) is 9.55 Å². The van der Waals surface area contributed by atoms with E-state index in [1.54, 1.807) is 0 Å². The van der Waals surface area contributed by atoms with Crippen LogP contribution in [-0.2, 0) is 31.0 Å². The molecule has 2 N–H and O–H groups in total. The van der Waals surface area contributed by atoms with Crippen LogP contribution in [0, 0.1) is 0 Å². The number of hydrogen-bond acceptors (Lipinski definition) is 4. The summed E-state index contributed by atoms with van der Waals surface area (Å²) in [5, 5.41) is 19.7. The molecule has 2 aromatic carbocycles. The molecule has 32 heavy (non-hydrogen) atoms. The maximum absolute atomic E-state index is 11.6. The van der Waals surface area contributed by atoms with E-state index in [9.17, 15) is 15.0 Å². The van der Waals surface area contributed by atoms with Gasteiger partial charge in [-0.05, 0) is 35.2 Å². The summed E-state index contributed by atoms with van der Waals surface area (Å²) in [4.78, 5) is 16.1. The van der Waals surface area contributed by atoms with Crippen molar-refractivity contribution in [2.75, 3.05) is 0 Å². The van der Waals surface area contributed by atoms with Gasteiger partial charge in [0.1, 0.15) is 18.2 Å². The Morgan fingerprint density at radius 1 is 1.25 bits per heavy atom. The first kappa shape index (κ1) is 22.1. The summed E-state index contributed by atoms with van der Waals surface area (Å²) in [6.07, 6.45) is 3.99. The van der Waals surface area contributed by atoms with Crippen LogP contribution in [-0.4, -0.2) is 25.7 Å².